The van der Waals surface area contributed by atoms with Gasteiger partial charge in [0.25, 0.3) is 0 Å². The predicted octanol–water partition coefficient (Wildman–Crippen LogP) is 7.84. The van der Waals surface area contributed by atoms with Crippen molar-refractivity contribution in [2.24, 2.45) is 0 Å². The van der Waals surface area contributed by atoms with Crippen LogP contribution in [0.15, 0.2) is 120 Å². The number of para-hydroxylation sites is 1. The Kier molecular flexibility index (Phi) is 3.36. The number of aromatic nitrogens is 1. The van der Waals surface area contributed by atoms with Crippen LogP contribution >= 0.6 is 0 Å². The van der Waals surface area contributed by atoms with Crippen LogP contribution in [0.25, 0.3) is 44.5 Å². The minimum absolute atomic E-state index is 0.459. The maximum absolute atomic E-state index is 6.77. The van der Waals surface area contributed by atoms with Gasteiger partial charge < -0.3 is 4.42 Å². The zero-order valence-electron chi connectivity index (χ0n) is 18.3. The molecule has 1 spiro atoms. The SMILES string of the molecule is c1ccc(-c2ccc3c(c2)-c2c(oc4ccccc24)C32c3ccccc3-c3ccccc32)nc1. The number of pyridine rings is 1. The van der Waals surface area contributed by atoms with Crippen LogP contribution in [-0.2, 0) is 5.41 Å². The van der Waals surface area contributed by atoms with Crippen molar-refractivity contribution in [1.82, 2.24) is 4.98 Å². The lowest BCUT2D eigenvalue weighted by molar-refractivity contribution is 0.507. The van der Waals surface area contributed by atoms with Gasteiger partial charge >= 0.3 is 0 Å². The summed E-state index contributed by atoms with van der Waals surface area (Å²) in [5, 5.41) is 1.16. The Morgan fingerprint density at radius 1 is 0.588 bits per heavy atom. The molecule has 0 amide bonds. The van der Waals surface area contributed by atoms with Crippen LogP contribution < -0.4 is 0 Å². The molecule has 0 radical (unpaired) electrons. The van der Waals surface area contributed by atoms with Crippen molar-refractivity contribution in [2.45, 2.75) is 5.41 Å². The van der Waals surface area contributed by atoms with Gasteiger partial charge in [0.05, 0.1) is 5.69 Å². The van der Waals surface area contributed by atoms with Gasteiger partial charge in [0.1, 0.15) is 16.8 Å². The van der Waals surface area contributed by atoms with Crippen molar-refractivity contribution in [3.63, 3.8) is 0 Å². The number of hydrogen-bond donors (Lipinski definition) is 0. The summed E-state index contributed by atoms with van der Waals surface area (Å²) in [5.41, 5.74) is 11.4. The smallest absolute Gasteiger partial charge is 0.135 e. The van der Waals surface area contributed by atoms with E-state index < -0.39 is 5.41 Å². The predicted molar refractivity (Wildman–Crippen MR) is 136 cm³/mol. The maximum Gasteiger partial charge on any atom is 0.135 e. The average molecular weight is 434 g/mol. The highest BCUT2D eigenvalue weighted by Gasteiger charge is 2.54. The molecule has 4 aromatic carbocycles. The van der Waals surface area contributed by atoms with E-state index in [2.05, 4.69) is 102 Å². The van der Waals surface area contributed by atoms with Gasteiger partial charge in [0.15, 0.2) is 0 Å². The summed E-state index contributed by atoms with van der Waals surface area (Å²) in [6, 6.07) is 38.9. The van der Waals surface area contributed by atoms with Crippen molar-refractivity contribution in [3.8, 4) is 33.5 Å². The molecule has 8 rings (SSSR count). The molecule has 0 N–H and O–H groups in total. The molecule has 6 aromatic rings. The highest BCUT2D eigenvalue weighted by atomic mass is 16.3. The van der Waals surface area contributed by atoms with E-state index in [1.54, 1.807) is 0 Å². The summed E-state index contributed by atoms with van der Waals surface area (Å²) in [6.07, 6.45) is 1.85. The van der Waals surface area contributed by atoms with Crippen molar-refractivity contribution < 1.29 is 4.42 Å². The second-order valence-electron chi connectivity index (χ2n) is 9.12. The standard InChI is InChI=1S/C32H19NO/c1-4-12-25-21(9-1)22-10-2-5-13-26(22)32(25)27-17-16-20(28-14-7-8-18-33-28)19-24(27)30-23-11-3-6-15-29(23)34-31(30)32/h1-19H. The quantitative estimate of drug-likeness (QED) is 0.264. The van der Waals surface area contributed by atoms with Gasteiger partial charge in [-0.1, -0.05) is 84.9 Å². The minimum atomic E-state index is -0.459. The Bertz CT molecular complexity index is 1710. The first kappa shape index (κ1) is 18.0. The third-order valence-electron chi connectivity index (χ3n) is 7.54. The van der Waals surface area contributed by atoms with Crippen LogP contribution in [0.4, 0.5) is 0 Å². The molecule has 0 unspecified atom stereocenters. The van der Waals surface area contributed by atoms with E-state index in [4.69, 9.17) is 4.42 Å². The van der Waals surface area contributed by atoms with Crippen LogP contribution in [-0.4, -0.2) is 4.98 Å². The van der Waals surface area contributed by atoms with E-state index >= 15 is 0 Å². The summed E-state index contributed by atoms with van der Waals surface area (Å²) in [5.74, 6) is 1.03. The Morgan fingerprint density at radius 3 is 2.03 bits per heavy atom. The summed E-state index contributed by atoms with van der Waals surface area (Å²) in [6.45, 7) is 0. The molecule has 2 aliphatic rings. The molecule has 34 heavy (non-hydrogen) atoms. The molecule has 0 fully saturated rings. The van der Waals surface area contributed by atoms with E-state index in [0.717, 1.165) is 28.0 Å². The van der Waals surface area contributed by atoms with E-state index in [-0.39, 0.29) is 0 Å². The first-order valence-electron chi connectivity index (χ1n) is 11.6. The fourth-order valence-electron chi connectivity index (χ4n) is 6.24. The van der Waals surface area contributed by atoms with Crippen LogP contribution in [0.5, 0.6) is 0 Å². The van der Waals surface area contributed by atoms with E-state index in [0.29, 0.717) is 0 Å². The van der Waals surface area contributed by atoms with Gasteiger partial charge in [-0.05, 0) is 57.6 Å². The lowest BCUT2D eigenvalue weighted by Crippen LogP contribution is -2.25. The lowest BCUT2D eigenvalue weighted by Gasteiger charge is -2.28. The summed E-state index contributed by atoms with van der Waals surface area (Å²) in [4.78, 5) is 4.62. The molecule has 0 atom stereocenters. The van der Waals surface area contributed by atoms with Crippen LogP contribution in [0.3, 0.4) is 0 Å². The molecule has 0 bridgehead atoms. The zero-order valence-corrected chi connectivity index (χ0v) is 18.3. The van der Waals surface area contributed by atoms with E-state index in [1.165, 1.54) is 38.9 Å². The largest absolute Gasteiger partial charge is 0.459 e. The molecule has 2 aromatic heterocycles. The van der Waals surface area contributed by atoms with Gasteiger partial charge in [-0.3, -0.25) is 4.98 Å². The Hall–Kier alpha value is -4.43. The zero-order chi connectivity index (χ0) is 22.3. The number of furan rings is 1. The lowest BCUT2D eigenvalue weighted by atomic mass is 9.73. The molecule has 0 saturated heterocycles. The highest BCUT2D eigenvalue weighted by Crippen LogP contribution is 2.64. The molecular formula is C32H19NO. The molecule has 2 aliphatic carbocycles. The second-order valence-corrected chi connectivity index (χ2v) is 9.12. The van der Waals surface area contributed by atoms with E-state index in [9.17, 15) is 0 Å². The van der Waals surface area contributed by atoms with Crippen molar-refractivity contribution >= 4 is 11.0 Å². The summed E-state index contributed by atoms with van der Waals surface area (Å²) in [7, 11) is 0. The molecule has 158 valence electrons. The summed E-state index contributed by atoms with van der Waals surface area (Å²) >= 11 is 0. The monoisotopic (exact) mass is 433 g/mol. The fraction of sp³-hybridized carbons (Fsp3) is 0.0312. The number of hydrogen-bond acceptors (Lipinski definition) is 2. The minimum Gasteiger partial charge on any atom is -0.459 e. The third kappa shape index (κ3) is 2.04. The first-order chi connectivity index (χ1) is 16.9. The third-order valence-corrected chi connectivity index (χ3v) is 7.54. The number of rotatable bonds is 1. The molecular weight excluding hydrogens is 414 g/mol. The molecule has 2 heterocycles. The van der Waals surface area contributed by atoms with Crippen molar-refractivity contribution in [2.75, 3.05) is 0 Å². The maximum atomic E-state index is 6.77. The van der Waals surface area contributed by atoms with Gasteiger partial charge in [0, 0.05) is 22.7 Å². The molecule has 0 aliphatic heterocycles. The second kappa shape index (κ2) is 6.33. The van der Waals surface area contributed by atoms with Gasteiger partial charge in [-0.15, -0.1) is 0 Å². The average Bonchev–Trinajstić information content (AvgIpc) is 3.52. The number of benzene rings is 4. The number of fused-ring (bicyclic) bond motifs is 12. The first-order valence-corrected chi connectivity index (χ1v) is 11.6. The van der Waals surface area contributed by atoms with Crippen molar-refractivity contribution in [3.05, 3.63) is 138 Å². The Labute approximate surface area is 197 Å². The normalized spacial score (nSPS) is 14.1. The summed E-state index contributed by atoms with van der Waals surface area (Å²) < 4.78 is 6.77. The Morgan fingerprint density at radius 2 is 1.26 bits per heavy atom. The van der Waals surface area contributed by atoms with Gasteiger partial charge in [0.2, 0.25) is 0 Å². The van der Waals surface area contributed by atoms with Gasteiger partial charge in [-0.2, -0.15) is 0 Å². The highest BCUT2D eigenvalue weighted by molar-refractivity contribution is 6.05. The number of nitrogens with zero attached hydrogens (tertiary/aromatic N) is 1. The molecule has 2 nitrogen and oxygen atoms in total. The van der Waals surface area contributed by atoms with E-state index in [1.807, 2.05) is 18.3 Å². The Balaban J connectivity index is 1.56. The van der Waals surface area contributed by atoms with Gasteiger partial charge in [-0.25, -0.2) is 0 Å². The van der Waals surface area contributed by atoms with Crippen LogP contribution in [0, 0.1) is 0 Å². The van der Waals surface area contributed by atoms with Crippen LogP contribution in [0.1, 0.15) is 22.5 Å². The van der Waals surface area contributed by atoms with Crippen LogP contribution in [0.2, 0.25) is 0 Å². The molecule has 2 heteroatoms. The van der Waals surface area contributed by atoms with Crippen molar-refractivity contribution in [1.29, 1.82) is 0 Å². The fourth-order valence-corrected chi connectivity index (χ4v) is 6.24. The topological polar surface area (TPSA) is 26.0 Å². The molecule has 0 saturated carbocycles.